The van der Waals surface area contributed by atoms with Gasteiger partial charge >= 0.3 is 12.2 Å². The summed E-state index contributed by atoms with van der Waals surface area (Å²) in [5.74, 6) is 0. The first-order valence-corrected chi connectivity index (χ1v) is 10.4. The smallest absolute Gasteiger partial charge is 0.338 e. The van der Waals surface area contributed by atoms with E-state index in [0.29, 0.717) is 0 Å². The lowest BCUT2D eigenvalue weighted by Crippen LogP contribution is -2.48. The van der Waals surface area contributed by atoms with E-state index in [-0.39, 0.29) is 30.6 Å². The van der Waals surface area contributed by atoms with Gasteiger partial charge in [0.2, 0.25) is 0 Å². The van der Waals surface area contributed by atoms with Crippen molar-refractivity contribution in [2.75, 3.05) is 19.6 Å². The average molecular weight is 440 g/mol. The van der Waals surface area contributed by atoms with Crippen molar-refractivity contribution in [1.29, 1.82) is 0 Å². The molecule has 2 aromatic carbocycles. The third-order valence-electron chi connectivity index (χ3n) is 5.24. The zero-order valence-electron chi connectivity index (χ0n) is 16.5. The topological polar surface area (TPSA) is 44.4 Å². The van der Waals surface area contributed by atoms with E-state index in [1.54, 1.807) is 6.07 Å². The Labute approximate surface area is 179 Å². The number of amides is 2. The second-order valence-corrected chi connectivity index (χ2v) is 7.92. The molecule has 0 aliphatic carbocycles. The molecule has 1 aliphatic heterocycles. The molecule has 3 rings (SSSR count). The summed E-state index contributed by atoms with van der Waals surface area (Å²) in [6.45, 7) is 2.72. The number of alkyl halides is 3. The number of rotatable bonds is 6. The van der Waals surface area contributed by atoms with Crippen molar-refractivity contribution < 1.29 is 18.0 Å². The number of urea groups is 1. The maximum atomic E-state index is 13.0. The molecule has 1 saturated heterocycles. The molecule has 1 heterocycles. The highest BCUT2D eigenvalue weighted by molar-refractivity contribution is 6.30. The number of likely N-dealkylation sites (tertiary alicyclic amines) is 1. The van der Waals surface area contributed by atoms with Crippen LogP contribution in [0.25, 0.3) is 0 Å². The van der Waals surface area contributed by atoms with Gasteiger partial charge in [0.25, 0.3) is 0 Å². The third-order valence-corrected chi connectivity index (χ3v) is 5.50. The van der Waals surface area contributed by atoms with Gasteiger partial charge in [-0.15, -0.1) is 0 Å². The highest BCUT2D eigenvalue weighted by atomic mass is 35.5. The minimum atomic E-state index is -4.39. The third kappa shape index (κ3) is 6.64. The highest BCUT2D eigenvalue weighted by Gasteiger charge is 2.32. The van der Waals surface area contributed by atoms with E-state index in [1.807, 2.05) is 24.3 Å². The minimum Gasteiger partial charge on any atom is -0.338 e. The van der Waals surface area contributed by atoms with Crippen molar-refractivity contribution >= 4 is 17.6 Å². The number of nitrogens with one attached hydrogen (secondary N) is 2. The molecule has 1 aliphatic rings. The Bertz CT molecular complexity index is 834. The lowest BCUT2D eigenvalue weighted by molar-refractivity contribution is -0.138. The summed E-state index contributed by atoms with van der Waals surface area (Å²) in [5.41, 5.74) is 0.726. The van der Waals surface area contributed by atoms with Crippen molar-refractivity contribution in [1.82, 2.24) is 15.5 Å². The molecular weight excluding hydrogens is 415 g/mol. The number of hydrogen-bond donors (Lipinski definition) is 2. The Morgan fingerprint density at radius 1 is 1.07 bits per heavy atom. The minimum absolute atomic E-state index is 0.0638. The van der Waals surface area contributed by atoms with Crippen LogP contribution in [0.4, 0.5) is 18.0 Å². The Hall–Kier alpha value is -2.25. The number of benzene rings is 2. The van der Waals surface area contributed by atoms with E-state index in [4.69, 9.17) is 11.6 Å². The van der Waals surface area contributed by atoms with Crippen LogP contribution in [0.5, 0.6) is 0 Å². The molecule has 0 atom stereocenters. The van der Waals surface area contributed by atoms with Crippen molar-refractivity contribution in [3.05, 3.63) is 70.2 Å². The zero-order valence-corrected chi connectivity index (χ0v) is 17.3. The van der Waals surface area contributed by atoms with Crippen molar-refractivity contribution in [3.63, 3.8) is 0 Å². The van der Waals surface area contributed by atoms with Gasteiger partial charge in [-0.1, -0.05) is 41.9 Å². The first-order chi connectivity index (χ1) is 14.3. The predicted molar refractivity (Wildman–Crippen MR) is 111 cm³/mol. The SMILES string of the molecule is O=C(NCCc1ccccc1C(F)(F)F)NC1CCN(Cc2ccc(Cl)cc2)CC1. The van der Waals surface area contributed by atoms with E-state index in [9.17, 15) is 18.0 Å². The number of carbonyl (C=O) groups is 1. The largest absolute Gasteiger partial charge is 0.416 e. The Kier molecular flexibility index (Phi) is 7.61. The fourth-order valence-electron chi connectivity index (χ4n) is 3.65. The quantitative estimate of drug-likeness (QED) is 0.674. The molecule has 1 fully saturated rings. The second kappa shape index (κ2) is 10.2. The molecule has 0 spiro atoms. The molecule has 0 saturated carbocycles. The molecule has 0 aromatic heterocycles. The van der Waals surface area contributed by atoms with Gasteiger partial charge in [-0.3, -0.25) is 4.90 Å². The summed E-state index contributed by atoms with van der Waals surface area (Å²) < 4.78 is 39.1. The van der Waals surface area contributed by atoms with Gasteiger partial charge in [0.1, 0.15) is 0 Å². The van der Waals surface area contributed by atoms with Crippen LogP contribution < -0.4 is 10.6 Å². The molecule has 0 unspecified atom stereocenters. The monoisotopic (exact) mass is 439 g/mol. The molecule has 2 aromatic rings. The van der Waals surface area contributed by atoms with Gasteiger partial charge < -0.3 is 10.6 Å². The first kappa shape index (κ1) is 22.4. The van der Waals surface area contributed by atoms with Gasteiger partial charge in [0.05, 0.1) is 5.56 Å². The number of hydrogen-bond acceptors (Lipinski definition) is 2. The van der Waals surface area contributed by atoms with Crippen molar-refractivity contribution in [2.45, 2.75) is 38.0 Å². The molecule has 2 amide bonds. The summed E-state index contributed by atoms with van der Waals surface area (Å²) in [7, 11) is 0. The summed E-state index contributed by atoms with van der Waals surface area (Å²) >= 11 is 5.91. The Morgan fingerprint density at radius 2 is 1.73 bits per heavy atom. The first-order valence-electron chi connectivity index (χ1n) is 9.97. The number of halogens is 4. The van der Waals surface area contributed by atoms with E-state index < -0.39 is 11.7 Å². The number of carbonyl (C=O) groups excluding carboxylic acids is 1. The molecule has 0 radical (unpaired) electrons. The summed E-state index contributed by atoms with van der Waals surface area (Å²) in [4.78, 5) is 14.4. The van der Waals surface area contributed by atoms with E-state index in [2.05, 4.69) is 15.5 Å². The normalized spacial score (nSPS) is 15.7. The zero-order chi connectivity index (χ0) is 21.6. The molecular formula is C22H25ClF3N3O. The fraction of sp³-hybridized carbons (Fsp3) is 0.409. The maximum absolute atomic E-state index is 13.0. The predicted octanol–water partition coefficient (Wildman–Crippen LogP) is 4.87. The van der Waals surface area contributed by atoms with Crippen molar-refractivity contribution in [2.24, 2.45) is 0 Å². The Balaban J connectivity index is 1.38. The Morgan fingerprint density at radius 3 is 2.40 bits per heavy atom. The molecule has 4 nitrogen and oxygen atoms in total. The standard InChI is InChI=1S/C22H25ClF3N3O/c23-18-7-5-16(6-8-18)15-29-13-10-19(11-14-29)28-21(30)27-12-9-17-3-1-2-4-20(17)22(24,25)26/h1-8,19H,9-15H2,(H2,27,28,30). The summed E-state index contributed by atoms with van der Waals surface area (Å²) in [6.07, 6.45) is -2.60. The van der Waals surface area contributed by atoms with Gasteiger partial charge in [-0.2, -0.15) is 13.2 Å². The molecule has 162 valence electrons. The van der Waals surface area contributed by atoms with Crippen LogP contribution >= 0.6 is 11.6 Å². The van der Waals surface area contributed by atoms with Gasteiger partial charge in [0, 0.05) is 37.2 Å². The summed E-state index contributed by atoms with van der Waals surface area (Å²) in [5, 5.41) is 6.31. The van der Waals surface area contributed by atoms with Crippen LogP contribution in [-0.2, 0) is 19.1 Å². The van der Waals surface area contributed by atoms with Crippen LogP contribution in [0.2, 0.25) is 5.02 Å². The van der Waals surface area contributed by atoms with Gasteiger partial charge in [-0.25, -0.2) is 4.79 Å². The van der Waals surface area contributed by atoms with E-state index in [1.165, 1.54) is 17.7 Å². The van der Waals surface area contributed by atoms with Gasteiger partial charge in [0.15, 0.2) is 0 Å². The van der Waals surface area contributed by atoms with Gasteiger partial charge in [-0.05, 0) is 48.6 Å². The van der Waals surface area contributed by atoms with E-state index in [0.717, 1.165) is 43.6 Å². The number of piperidine rings is 1. The van der Waals surface area contributed by atoms with E-state index >= 15 is 0 Å². The highest BCUT2D eigenvalue weighted by Crippen LogP contribution is 2.31. The fourth-order valence-corrected chi connectivity index (χ4v) is 3.77. The molecule has 8 heteroatoms. The lowest BCUT2D eigenvalue weighted by atomic mass is 10.0. The number of nitrogens with zero attached hydrogens (tertiary/aromatic N) is 1. The summed E-state index contributed by atoms with van der Waals surface area (Å²) in [6, 6.07) is 12.9. The van der Waals surface area contributed by atoms with Crippen LogP contribution in [0.3, 0.4) is 0 Å². The lowest BCUT2D eigenvalue weighted by Gasteiger charge is -2.32. The van der Waals surface area contributed by atoms with Crippen LogP contribution in [0.1, 0.15) is 29.5 Å². The van der Waals surface area contributed by atoms with Crippen LogP contribution in [-0.4, -0.2) is 36.6 Å². The van der Waals surface area contributed by atoms with Crippen molar-refractivity contribution in [3.8, 4) is 0 Å². The molecule has 30 heavy (non-hydrogen) atoms. The van der Waals surface area contributed by atoms with Crippen LogP contribution in [0.15, 0.2) is 48.5 Å². The van der Waals surface area contributed by atoms with Crippen LogP contribution in [0, 0.1) is 0 Å². The molecule has 2 N–H and O–H groups in total. The maximum Gasteiger partial charge on any atom is 0.416 e. The second-order valence-electron chi connectivity index (χ2n) is 7.48. The average Bonchev–Trinajstić information content (AvgIpc) is 2.71. The molecule has 0 bridgehead atoms.